The van der Waals surface area contributed by atoms with Crippen LogP contribution >= 0.6 is 0 Å². The second-order valence-electron chi connectivity index (χ2n) is 5.13. The molecule has 1 saturated carbocycles. The molecule has 4 nitrogen and oxygen atoms in total. The highest BCUT2D eigenvalue weighted by Crippen LogP contribution is 2.45. The van der Waals surface area contributed by atoms with Crippen LogP contribution in [0.15, 0.2) is 18.5 Å². The van der Waals surface area contributed by atoms with Crippen LogP contribution in [0, 0.1) is 5.41 Å². The van der Waals surface area contributed by atoms with Crippen LogP contribution < -0.4 is 5.73 Å². The number of nitrogen functional groups attached to an aromatic ring is 1. The molecule has 3 rings (SSSR count). The van der Waals surface area contributed by atoms with Crippen molar-refractivity contribution in [2.75, 3.05) is 5.73 Å². The smallest absolute Gasteiger partial charge is 0.201 e. The van der Waals surface area contributed by atoms with E-state index in [1.807, 2.05) is 6.07 Å². The molecule has 0 spiro atoms. The van der Waals surface area contributed by atoms with Crippen LogP contribution in [0.4, 0.5) is 5.95 Å². The van der Waals surface area contributed by atoms with Gasteiger partial charge in [0, 0.05) is 12.7 Å². The number of pyridine rings is 1. The zero-order chi connectivity index (χ0) is 11.9. The first-order chi connectivity index (χ1) is 8.24. The molecule has 2 heterocycles. The fourth-order valence-electron chi connectivity index (χ4n) is 2.80. The molecule has 2 aromatic rings. The lowest BCUT2D eigenvalue weighted by atomic mass is 9.67. The van der Waals surface area contributed by atoms with Crippen molar-refractivity contribution < 1.29 is 0 Å². The average Bonchev–Trinajstić information content (AvgIpc) is 2.60. The molecule has 1 aliphatic rings. The van der Waals surface area contributed by atoms with Crippen molar-refractivity contribution in [3.8, 4) is 0 Å². The molecule has 0 aliphatic heterocycles. The number of fused-ring (bicyclic) bond motifs is 1. The van der Waals surface area contributed by atoms with Gasteiger partial charge in [-0.1, -0.05) is 13.3 Å². The van der Waals surface area contributed by atoms with Gasteiger partial charge in [-0.3, -0.25) is 4.98 Å². The summed E-state index contributed by atoms with van der Waals surface area (Å²) in [5.74, 6) is 0.618. The number of nitrogens with two attached hydrogens (primary N) is 1. The lowest BCUT2D eigenvalue weighted by Crippen LogP contribution is -2.33. The highest BCUT2D eigenvalue weighted by Gasteiger charge is 2.36. The van der Waals surface area contributed by atoms with Crippen LogP contribution in [0.3, 0.4) is 0 Å². The summed E-state index contributed by atoms with van der Waals surface area (Å²) in [6, 6.07) is 2.00. The molecule has 2 aromatic heterocycles. The van der Waals surface area contributed by atoms with Crippen molar-refractivity contribution in [3.63, 3.8) is 0 Å². The molecule has 0 unspecified atom stereocenters. The van der Waals surface area contributed by atoms with Crippen molar-refractivity contribution in [1.29, 1.82) is 0 Å². The molecule has 0 saturated heterocycles. The molecule has 0 bridgehead atoms. The van der Waals surface area contributed by atoms with Crippen LogP contribution in [0.5, 0.6) is 0 Å². The van der Waals surface area contributed by atoms with E-state index in [-0.39, 0.29) is 0 Å². The standard InChI is InChI=1S/C13H18N4/c1-2-13(5-3-6-13)9-17-11-4-7-15-8-10(11)16-12(17)14/h4,7-8H,2-3,5-6,9H2,1H3,(H2,14,16). The van der Waals surface area contributed by atoms with Crippen molar-refractivity contribution in [3.05, 3.63) is 18.5 Å². The molecule has 0 amide bonds. The van der Waals surface area contributed by atoms with Crippen LogP contribution in [0.1, 0.15) is 32.6 Å². The topological polar surface area (TPSA) is 56.7 Å². The van der Waals surface area contributed by atoms with E-state index in [0.29, 0.717) is 11.4 Å². The third-order valence-electron chi connectivity index (χ3n) is 4.24. The van der Waals surface area contributed by atoms with Gasteiger partial charge in [0.2, 0.25) is 5.95 Å². The van der Waals surface area contributed by atoms with Gasteiger partial charge >= 0.3 is 0 Å². The maximum Gasteiger partial charge on any atom is 0.201 e. The minimum atomic E-state index is 0.449. The Labute approximate surface area is 101 Å². The summed E-state index contributed by atoms with van der Waals surface area (Å²) in [6.45, 7) is 3.27. The van der Waals surface area contributed by atoms with Gasteiger partial charge in [-0.2, -0.15) is 0 Å². The van der Waals surface area contributed by atoms with Gasteiger partial charge in [0.05, 0.1) is 11.7 Å². The van der Waals surface area contributed by atoms with E-state index in [9.17, 15) is 0 Å². The molecule has 0 aromatic carbocycles. The molecular formula is C13H18N4. The number of rotatable bonds is 3. The Morgan fingerprint density at radius 3 is 2.94 bits per heavy atom. The van der Waals surface area contributed by atoms with Crippen molar-refractivity contribution in [2.24, 2.45) is 5.41 Å². The van der Waals surface area contributed by atoms with Crippen LogP contribution in [-0.4, -0.2) is 14.5 Å². The summed E-state index contributed by atoms with van der Waals surface area (Å²) < 4.78 is 2.15. The lowest BCUT2D eigenvalue weighted by Gasteiger charge is -2.41. The minimum absolute atomic E-state index is 0.449. The Kier molecular flexibility index (Phi) is 2.31. The zero-order valence-corrected chi connectivity index (χ0v) is 10.2. The number of nitrogens with zero attached hydrogens (tertiary/aromatic N) is 3. The van der Waals surface area contributed by atoms with Gasteiger partial charge in [0.15, 0.2) is 0 Å². The fraction of sp³-hybridized carbons (Fsp3) is 0.538. The predicted molar refractivity (Wildman–Crippen MR) is 68.5 cm³/mol. The Morgan fingerprint density at radius 1 is 1.47 bits per heavy atom. The summed E-state index contributed by atoms with van der Waals surface area (Å²) >= 11 is 0. The Hall–Kier alpha value is -1.58. The van der Waals surface area contributed by atoms with E-state index in [1.54, 1.807) is 12.4 Å². The van der Waals surface area contributed by atoms with Crippen molar-refractivity contribution in [1.82, 2.24) is 14.5 Å². The third kappa shape index (κ3) is 1.59. The first kappa shape index (κ1) is 10.6. The number of imidazole rings is 1. The SMILES string of the molecule is CCC1(Cn2c(N)nc3cnccc32)CCC1. The second-order valence-corrected chi connectivity index (χ2v) is 5.13. The lowest BCUT2D eigenvalue weighted by molar-refractivity contribution is 0.103. The van der Waals surface area contributed by atoms with Crippen molar-refractivity contribution in [2.45, 2.75) is 39.2 Å². The number of anilines is 1. The van der Waals surface area contributed by atoms with E-state index in [4.69, 9.17) is 5.73 Å². The quantitative estimate of drug-likeness (QED) is 0.881. The van der Waals surface area contributed by atoms with Crippen LogP contribution in [0.2, 0.25) is 0 Å². The molecule has 1 fully saturated rings. The third-order valence-corrected chi connectivity index (χ3v) is 4.24. The summed E-state index contributed by atoms with van der Waals surface area (Å²) in [5.41, 5.74) is 8.47. The summed E-state index contributed by atoms with van der Waals surface area (Å²) in [7, 11) is 0. The molecule has 4 heteroatoms. The van der Waals surface area contributed by atoms with Crippen LogP contribution in [-0.2, 0) is 6.54 Å². The zero-order valence-electron chi connectivity index (χ0n) is 10.2. The summed E-state index contributed by atoms with van der Waals surface area (Å²) in [6.07, 6.45) is 8.78. The van der Waals surface area contributed by atoms with E-state index in [2.05, 4.69) is 21.5 Å². The molecule has 0 atom stereocenters. The Balaban J connectivity index is 2.02. The van der Waals surface area contributed by atoms with E-state index < -0.39 is 0 Å². The minimum Gasteiger partial charge on any atom is -0.369 e. The first-order valence-electron chi connectivity index (χ1n) is 6.30. The predicted octanol–water partition coefficient (Wildman–Crippen LogP) is 2.59. The van der Waals surface area contributed by atoms with E-state index in [0.717, 1.165) is 17.6 Å². The second kappa shape index (κ2) is 3.72. The van der Waals surface area contributed by atoms with Crippen molar-refractivity contribution >= 4 is 17.0 Å². The van der Waals surface area contributed by atoms with Gasteiger partial charge in [-0.05, 0) is 30.7 Å². The summed E-state index contributed by atoms with van der Waals surface area (Å²) in [4.78, 5) is 8.45. The maximum atomic E-state index is 6.02. The summed E-state index contributed by atoms with van der Waals surface area (Å²) in [5, 5.41) is 0. The molecule has 90 valence electrons. The Bertz CT molecular complexity index is 534. The first-order valence-corrected chi connectivity index (χ1v) is 6.30. The molecule has 2 N–H and O–H groups in total. The van der Waals surface area contributed by atoms with Crippen LogP contribution in [0.25, 0.3) is 11.0 Å². The highest BCUT2D eigenvalue weighted by atomic mass is 15.2. The number of hydrogen-bond acceptors (Lipinski definition) is 3. The van der Waals surface area contributed by atoms with Gasteiger partial charge in [-0.15, -0.1) is 0 Å². The van der Waals surface area contributed by atoms with Gasteiger partial charge in [-0.25, -0.2) is 4.98 Å². The molecular weight excluding hydrogens is 212 g/mol. The van der Waals surface area contributed by atoms with E-state index >= 15 is 0 Å². The maximum absolute atomic E-state index is 6.02. The molecule has 1 aliphatic carbocycles. The highest BCUT2D eigenvalue weighted by molar-refractivity contribution is 5.77. The fourth-order valence-corrected chi connectivity index (χ4v) is 2.80. The van der Waals surface area contributed by atoms with Gasteiger partial charge < -0.3 is 10.3 Å². The normalized spacial score (nSPS) is 18.2. The van der Waals surface area contributed by atoms with Gasteiger partial charge in [0.1, 0.15) is 5.52 Å². The van der Waals surface area contributed by atoms with E-state index in [1.165, 1.54) is 25.7 Å². The number of aromatic nitrogens is 3. The average molecular weight is 230 g/mol. The largest absolute Gasteiger partial charge is 0.369 e. The van der Waals surface area contributed by atoms with Gasteiger partial charge in [0.25, 0.3) is 0 Å². The Morgan fingerprint density at radius 2 is 2.29 bits per heavy atom. The number of hydrogen-bond donors (Lipinski definition) is 1. The molecule has 0 radical (unpaired) electrons. The molecule has 17 heavy (non-hydrogen) atoms. The monoisotopic (exact) mass is 230 g/mol.